The molecule has 1 aromatic rings. The minimum atomic E-state index is 0.0676. The van der Waals surface area contributed by atoms with Gasteiger partial charge in [-0.15, -0.1) is 11.3 Å². The van der Waals surface area contributed by atoms with Crippen molar-refractivity contribution in [2.45, 2.75) is 51.9 Å². The number of unbranched alkanes of at least 4 members (excludes halogenated alkanes) is 4. The van der Waals surface area contributed by atoms with Crippen LogP contribution in [0.2, 0.25) is 0 Å². The number of likely N-dealkylation sites (tertiary alicyclic amines) is 1. The molecule has 1 saturated heterocycles. The maximum atomic E-state index is 12.3. The lowest BCUT2D eigenvalue weighted by Gasteiger charge is -2.31. The molecule has 5 heteroatoms. The molecule has 1 aliphatic rings. The van der Waals surface area contributed by atoms with E-state index >= 15 is 0 Å². The molecule has 23 heavy (non-hydrogen) atoms. The number of amides is 2. The van der Waals surface area contributed by atoms with Gasteiger partial charge in [-0.25, -0.2) is 0 Å². The summed E-state index contributed by atoms with van der Waals surface area (Å²) in [5.41, 5.74) is 0. The largest absolute Gasteiger partial charge is 0.356 e. The van der Waals surface area contributed by atoms with Gasteiger partial charge in [-0.1, -0.05) is 38.7 Å². The Morgan fingerprint density at radius 2 is 1.96 bits per heavy atom. The molecule has 0 saturated carbocycles. The Balaban J connectivity index is 1.64. The number of carbonyl (C=O) groups excluding carboxylic acids is 2. The van der Waals surface area contributed by atoms with E-state index in [2.05, 4.69) is 12.2 Å². The summed E-state index contributed by atoms with van der Waals surface area (Å²) < 4.78 is 0. The van der Waals surface area contributed by atoms with Gasteiger partial charge in [0.2, 0.25) is 5.91 Å². The monoisotopic (exact) mass is 336 g/mol. The zero-order chi connectivity index (χ0) is 16.5. The first-order chi connectivity index (χ1) is 11.2. The molecule has 1 aromatic heterocycles. The minimum Gasteiger partial charge on any atom is -0.356 e. The van der Waals surface area contributed by atoms with E-state index in [9.17, 15) is 9.59 Å². The normalized spacial score (nSPS) is 15.6. The van der Waals surface area contributed by atoms with Crippen LogP contribution in [0.15, 0.2) is 17.5 Å². The van der Waals surface area contributed by atoms with Crippen LogP contribution >= 0.6 is 11.3 Å². The van der Waals surface area contributed by atoms with Crippen LogP contribution in [0, 0.1) is 5.92 Å². The number of thiophene rings is 1. The van der Waals surface area contributed by atoms with Crippen LogP contribution in [0.5, 0.6) is 0 Å². The smallest absolute Gasteiger partial charge is 0.263 e. The average molecular weight is 337 g/mol. The van der Waals surface area contributed by atoms with Crippen molar-refractivity contribution in [3.8, 4) is 0 Å². The number of nitrogens with zero attached hydrogens (tertiary/aromatic N) is 1. The Morgan fingerprint density at radius 3 is 2.61 bits per heavy atom. The molecule has 4 nitrogen and oxygen atoms in total. The molecule has 0 radical (unpaired) electrons. The summed E-state index contributed by atoms with van der Waals surface area (Å²) in [5, 5.41) is 4.99. The molecule has 0 bridgehead atoms. The summed E-state index contributed by atoms with van der Waals surface area (Å²) in [7, 11) is 0. The Labute approximate surface area is 143 Å². The quantitative estimate of drug-likeness (QED) is 0.736. The van der Waals surface area contributed by atoms with E-state index < -0.39 is 0 Å². The van der Waals surface area contributed by atoms with Crippen LogP contribution < -0.4 is 5.32 Å². The molecule has 0 spiro atoms. The first kappa shape index (κ1) is 18.0. The van der Waals surface area contributed by atoms with Crippen molar-refractivity contribution >= 4 is 23.2 Å². The number of rotatable bonds is 8. The third kappa shape index (κ3) is 5.65. The third-order valence-electron chi connectivity index (χ3n) is 4.46. The van der Waals surface area contributed by atoms with Crippen LogP contribution in [0.3, 0.4) is 0 Å². The lowest BCUT2D eigenvalue weighted by Crippen LogP contribution is -2.43. The number of hydrogen-bond acceptors (Lipinski definition) is 3. The van der Waals surface area contributed by atoms with Gasteiger partial charge in [-0.05, 0) is 30.7 Å². The average Bonchev–Trinajstić information content (AvgIpc) is 3.12. The molecule has 1 N–H and O–H groups in total. The first-order valence-corrected chi connectivity index (χ1v) is 9.70. The van der Waals surface area contributed by atoms with Crippen molar-refractivity contribution < 1.29 is 9.59 Å². The van der Waals surface area contributed by atoms with Crippen molar-refractivity contribution in [2.24, 2.45) is 5.92 Å². The van der Waals surface area contributed by atoms with E-state index in [0.717, 1.165) is 30.7 Å². The van der Waals surface area contributed by atoms with Crippen molar-refractivity contribution in [3.05, 3.63) is 22.4 Å². The van der Waals surface area contributed by atoms with E-state index in [1.807, 2.05) is 22.4 Å². The van der Waals surface area contributed by atoms with Gasteiger partial charge in [0.1, 0.15) is 0 Å². The maximum absolute atomic E-state index is 12.3. The fourth-order valence-corrected chi connectivity index (χ4v) is 3.68. The summed E-state index contributed by atoms with van der Waals surface area (Å²) in [6, 6.07) is 3.77. The molecular weight excluding hydrogens is 308 g/mol. The minimum absolute atomic E-state index is 0.0676. The van der Waals surface area contributed by atoms with E-state index in [-0.39, 0.29) is 17.7 Å². The summed E-state index contributed by atoms with van der Waals surface area (Å²) in [5.74, 6) is 0.344. The van der Waals surface area contributed by atoms with Crippen LogP contribution in [-0.4, -0.2) is 36.3 Å². The van der Waals surface area contributed by atoms with Gasteiger partial charge in [0.05, 0.1) is 4.88 Å². The molecule has 0 aliphatic carbocycles. The lowest BCUT2D eigenvalue weighted by molar-refractivity contribution is -0.126. The Hall–Kier alpha value is -1.36. The Bertz CT molecular complexity index is 479. The Morgan fingerprint density at radius 1 is 1.22 bits per heavy atom. The summed E-state index contributed by atoms with van der Waals surface area (Å²) >= 11 is 1.48. The fourth-order valence-electron chi connectivity index (χ4n) is 2.99. The highest BCUT2D eigenvalue weighted by Crippen LogP contribution is 2.20. The van der Waals surface area contributed by atoms with Crippen LogP contribution in [-0.2, 0) is 4.79 Å². The van der Waals surface area contributed by atoms with E-state index in [0.29, 0.717) is 13.1 Å². The number of piperidine rings is 1. The summed E-state index contributed by atoms with van der Waals surface area (Å²) in [4.78, 5) is 27.1. The van der Waals surface area contributed by atoms with Gasteiger partial charge >= 0.3 is 0 Å². The maximum Gasteiger partial charge on any atom is 0.263 e. The second kappa shape index (κ2) is 9.71. The highest BCUT2D eigenvalue weighted by Gasteiger charge is 2.27. The van der Waals surface area contributed by atoms with E-state index in [4.69, 9.17) is 0 Å². The lowest BCUT2D eigenvalue weighted by atomic mass is 9.95. The van der Waals surface area contributed by atoms with Gasteiger partial charge in [0, 0.05) is 25.6 Å². The van der Waals surface area contributed by atoms with Crippen molar-refractivity contribution in [1.29, 1.82) is 0 Å². The second-order valence-electron chi connectivity index (χ2n) is 6.25. The third-order valence-corrected chi connectivity index (χ3v) is 5.32. The second-order valence-corrected chi connectivity index (χ2v) is 7.20. The first-order valence-electron chi connectivity index (χ1n) is 8.83. The number of nitrogens with one attached hydrogen (secondary N) is 1. The highest BCUT2D eigenvalue weighted by molar-refractivity contribution is 7.12. The number of carbonyl (C=O) groups is 2. The summed E-state index contributed by atoms with van der Waals surface area (Å²) in [6.07, 6.45) is 7.61. The summed E-state index contributed by atoms with van der Waals surface area (Å²) in [6.45, 7) is 4.37. The number of hydrogen-bond donors (Lipinski definition) is 1. The molecule has 128 valence electrons. The molecule has 0 unspecified atom stereocenters. The zero-order valence-corrected chi connectivity index (χ0v) is 14.9. The molecule has 2 heterocycles. The molecule has 1 aliphatic heterocycles. The fraction of sp³-hybridized carbons (Fsp3) is 0.667. The standard InChI is InChI=1S/C18H28N2O2S/c1-2-3-4-5-6-11-19-17(21)15-9-12-20(13-10-15)18(22)16-8-7-14-23-16/h7-8,14-15H,2-6,9-13H2,1H3,(H,19,21). The zero-order valence-electron chi connectivity index (χ0n) is 14.1. The molecule has 1 fully saturated rings. The van der Waals surface area contributed by atoms with Gasteiger partial charge in [-0.3, -0.25) is 9.59 Å². The van der Waals surface area contributed by atoms with Crippen LogP contribution in [0.4, 0.5) is 0 Å². The van der Waals surface area contributed by atoms with Crippen molar-refractivity contribution in [1.82, 2.24) is 10.2 Å². The molecular formula is C18H28N2O2S. The SMILES string of the molecule is CCCCCCCNC(=O)C1CCN(C(=O)c2cccs2)CC1. The van der Waals surface area contributed by atoms with Gasteiger partial charge in [0.25, 0.3) is 5.91 Å². The van der Waals surface area contributed by atoms with Gasteiger partial charge in [-0.2, -0.15) is 0 Å². The van der Waals surface area contributed by atoms with Crippen molar-refractivity contribution in [2.75, 3.05) is 19.6 Å². The molecule has 2 amide bonds. The predicted molar refractivity (Wildman–Crippen MR) is 94.7 cm³/mol. The Kier molecular flexibility index (Phi) is 7.59. The highest BCUT2D eigenvalue weighted by atomic mass is 32.1. The molecule has 0 aromatic carbocycles. The van der Waals surface area contributed by atoms with Crippen molar-refractivity contribution in [3.63, 3.8) is 0 Å². The molecule has 2 rings (SSSR count). The van der Waals surface area contributed by atoms with Gasteiger partial charge < -0.3 is 10.2 Å². The van der Waals surface area contributed by atoms with Crippen LogP contribution in [0.25, 0.3) is 0 Å². The topological polar surface area (TPSA) is 49.4 Å². The van der Waals surface area contributed by atoms with E-state index in [1.165, 1.54) is 37.0 Å². The predicted octanol–water partition coefficient (Wildman–Crippen LogP) is 3.69. The molecule has 0 atom stereocenters. The van der Waals surface area contributed by atoms with E-state index in [1.54, 1.807) is 0 Å². The van der Waals surface area contributed by atoms with Gasteiger partial charge in [0.15, 0.2) is 0 Å². The van der Waals surface area contributed by atoms with Crippen LogP contribution in [0.1, 0.15) is 61.5 Å².